The highest BCUT2D eigenvalue weighted by atomic mass is 19.1. The molecule has 0 spiro atoms. The molecule has 5 aromatic rings. The van der Waals surface area contributed by atoms with Crippen LogP contribution in [-0.2, 0) is 0 Å². The SMILES string of the molecule is COc1cc2nccc(Oc3ccc(-c4c(-c5ccc(F)cc5)c(=O)c(C(N)=O)nn4C(C)C)nc3)c2cc1OC. The van der Waals surface area contributed by atoms with Crippen LogP contribution in [0.2, 0.25) is 0 Å². The first kappa shape index (κ1) is 27.3. The van der Waals surface area contributed by atoms with Gasteiger partial charge in [0.05, 0.1) is 42.9 Å². The summed E-state index contributed by atoms with van der Waals surface area (Å²) >= 11 is 0. The molecule has 0 saturated heterocycles. The van der Waals surface area contributed by atoms with E-state index in [1.54, 1.807) is 50.7 Å². The van der Waals surface area contributed by atoms with Crippen LogP contribution >= 0.6 is 0 Å². The van der Waals surface area contributed by atoms with E-state index in [0.717, 1.165) is 0 Å². The van der Waals surface area contributed by atoms with Crippen LogP contribution in [0.15, 0.2) is 71.8 Å². The maximum absolute atomic E-state index is 13.7. The highest BCUT2D eigenvalue weighted by Crippen LogP contribution is 2.37. The number of hydrogen-bond acceptors (Lipinski definition) is 8. The average Bonchev–Trinajstić information content (AvgIpc) is 2.97. The van der Waals surface area contributed by atoms with Crippen molar-refractivity contribution in [2.75, 3.05) is 14.2 Å². The summed E-state index contributed by atoms with van der Waals surface area (Å²) in [6.07, 6.45) is 3.13. The minimum absolute atomic E-state index is 0.129. The lowest BCUT2D eigenvalue weighted by Crippen LogP contribution is -2.30. The molecule has 10 nitrogen and oxygen atoms in total. The Balaban J connectivity index is 1.62. The number of nitrogens with zero attached hydrogens (tertiary/aromatic N) is 4. The van der Waals surface area contributed by atoms with Gasteiger partial charge in [-0.3, -0.25) is 24.2 Å². The van der Waals surface area contributed by atoms with Gasteiger partial charge in [0.1, 0.15) is 17.3 Å². The number of fused-ring (bicyclic) bond motifs is 1. The monoisotopic (exact) mass is 555 g/mol. The molecule has 0 aliphatic heterocycles. The zero-order valence-electron chi connectivity index (χ0n) is 22.7. The van der Waals surface area contributed by atoms with E-state index in [9.17, 15) is 14.0 Å². The van der Waals surface area contributed by atoms with E-state index in [-0.39, 0.29) is 11.6 Å². The number of ether oxygens (including phenoxy) is 3. The van der Waals surface area contributed by atoms with Crippen LogP contribution in [0.25, 0.3) is 33.4 Å². The van der Waals surface area contributed by atoms with Crippen molar-refractivity contribution in [3.05, 3.63) is 88.7 Å². The fourth-order valence-corrected chi connectivity index (χ4v) is 4.45. The van der Waals surface area contributed by atoms with Crippen LogP contribution in [0.5, 0.6) is 23.0 Å². The summed E-state index contributed by atoms with van der Waals surface area (Å²) in [5.41, 5.74) is 6.29. The summed E-state index contributed by atoms with van der Waals surface area (Å²) in [4.78, 5) is 34.5. The second kappa shape index (κ2) is 11.0. The van der Waals surface area contributed by atoms with Gasteiger partial charge in [0.25, 0.3) is 5.91 Å². The van der Waals surface area contributed by atoms with Crippen LogP contribution < -0.4 is 25.4 Å². The van der Waals surface area contributed by atoms with E-state index in [1.807, 2.05) is 13.8 Å². The quantitative estimate of drug-likeness (QED) is 0.278. The van der Waals surface area contributed by atoms with Gasteiger partial charge in [-0.25, -0.2) is 4.39 Å². The van der Waals surface area contributed by atoms with Crippen molar-refractivity contribution in [3.8, 4) is 45.5 Å². The van der Waals surface area contributed by atoms with Crippen molar-refractivity contribution >= 4 is 16.8 Å². The number of methoxy groups -OCH3 is 2. The Hall–Kier alpha value is -5.32. The molecule has 0 saturated carbocycles. The number of carbonyl (C=O) groups excluding carboxylic acids is 1. The van der Waals surface area contributed by atoms with Gasteiger partial charge in [0.15, 0.2) is 17.2 Å². The van der Waals surface area contributed by atoms with Crippen molar-refractivity contribution < 1.29 is 23.4 Å². The smallest absolute Gasteiger partial charge is 0.273 e. The third kappa shape index (κ3) is 5.17. The Labute approximate surface area is 234 Å². The van der Waals surface area contributed by atoms with Crippen molar-refractivity contribution in [3.63, 3.8) is 0 Å². The molecule has 1 amide bonds. The number of halogens is 1. The number of pyridine rings is 2. The molecule has 2 N–H and O–H groups in total. The third-order valence-corrected chi connectivity index (χ3v) is 6.38. The van der Waals surface area contributed by atoms with Crippen molar-refractivity contribution in [2.45, 2.75) is 19.9 Å². The van der Waals surface area contributed by atoms with Gasteiger partial charge in [-0.2, -0.15) is 5.10 Å². The molecule has 2 aromatic carbocycles. The van der Waals surface area contributed by atoms with Crippen LogP contribution in [0.1, 0.15) is 30.4 Å². The highest BCUT2D eigenvalue weighted by molar-refractivity contribution is 5.93. The minimum Gasteiger partial charge on any atom is -0.493 e. The summed E-state index contributed by atoms with van der Waals surface area (Å²) in [7, 11) is 3.10. The van der Waals surface area contributed by atoms with E-state index in [4.69, 9.17) is 19.9 Å². The largest absolute Gasteiger partial charge is 0.493 e. The standard InChI is InChI=1S/C30H26FN5O5/c1-16(2)36-28(26(17-5-7-18(31)8-6-17)29(37)27(35-36)30(32)38)21-10-9-19(15-34-21)41-23-11-12-33-22-14-25(40-4)24(39-3)13-20(22)23/h5-16H,1-4H3,(H2,32,38). The van der Waals surface area contributed by atoms with Crippen LogP contribution in [-0.4, -0.2) is 39.9 Å². The van der Waals surface area contributed by atoms with Gasteiger partial charge in [0, 0.05) is 23.7 Å². The van der Waals surface area contributed by atoms with Crippen molar-refractivity contribution in [1.29, 1.82) is 0 Å². The normalized spacial score (nSPS) is 11.1. The summed E-state index contributed by atoms with van der Waals surface area (Å²) in [5, 5.41) is 4.96. The van der Waals surface area contributed by atoms with E-state index >= 15 is 0 Å². The van der Waals surface area contributed by atoms with E-state index < -0.39 is 22.8 Å². The van der Waals surface area contributed by atoms with Gasteiger partial charge < -0.3 is 19.9 Å². The lowest BCUT2D eigenvalue weighted by molar-refractivity contribution is 0.0992. The molecule has 3 heterocycles. The molecule has 0 radical (unpaired) electrons. The molecule has 0 aliphatic carbocycles. The van der Waals surface area contributed by atoms with E-state index in [0.29, 0.717) is 50.9 Å². The predicted octanol–water partition coefficient (Wildman–Crippen LogP) is 5.15. The number of benzene rings is 2. The number of amides is 1. The molecule has 41 heavy (non-hydrogen) atoms. The molecule has 0 fully saturated rings. The molecule has 3 aromatic heterocycles. The molecule has 0 atom stereocenters. The van der Waals surface area contributed by atoms with Crippen LogP contribution in [0, 0.1) is 5.82 Å². The summed E-state index contributed by atoms with van der Waals surface area (Å²) in [6, 6.07) is 13.7. The first-order valence-electron chi connectivity index (χ1n) is 12.6. The lowest BCUT2D eigenvalue weighted by atomic mass is 10.00. The van der Waals surface area contributed by atoms with Crippen LogP contribution in [0.4, 0.5) is 4.39 Å². The maximum Gasteiger partial charge on any atom is 0.273 e. The molecule has 208 valence electrons. The average molecular weight is 556 g/mol. The molecule has 5 rings (SSSR count). The molecular formula is C30H26FN5O5. The number of nitrogens with two attached hydrogens (primary N) is 1. The van der Waals surface area contributed by atoms with E-state index in [2.05, 4.69) is 15.1 Å². The second-order valence-electron chi connectivity index (χ2n) is 9.33. The fraction of sp³-hybridized carbons (Fsp3) is 0.167. The Bertz CT molecular complexity index is 1820. The first-order valence-corrected chi connectivity index (χ1v) is 12.6. The van der Waals surface area contributed by atoms with E-state index in [1.165, 1.54) is 35.1 Å². The van der Waals surface area contributed by atoms with Gasteiger partial charge in [0.2, 0.25) is 5.43 Å². The number of hydrogen-bond donors (Lipinski definition) is 1. The number of aromatic nitrogens is 4. The Kier molecular flexibility index (Phi) is 7.34. The highest BCUT2D eigenvalue weighted by Gasteiger charge is 2.25. The van der Waals surface area contributed by atoms with Crippen molar-refractivity contribution in [1.82, 2.24) is 19.7 Å². The van der Waals surface area contributed by atoms with Gasteiger partial charge in [-0.05, 0) is 55.8 Å². The third-order valence-electron chi connectivity index (χ3n) is 6.38. The molecular weight excluding hydrogens is 529 g/mol. The predicted molar refractivity (Wildman–Crippen MR) is 151 cm³/mol. The fourth-order valence-electron chi connectivity index (χ4n) is 4.45. The molecule has 0 bridgehead atoms. The van der Waals surface area contributed by atoms with Crippen molar-refractivity contribution in [2.24, 2.45) is 5.73 Å². The topological polar surface area (TPSA) is 131 Å². The Morgan fingerprint density at radius 2 is 1.66 bits per heavy atom. The maximum atomic E-state index is 13.7. The summed E-state index contributed by atoms with van der Waals surface area (Å²) in [6.45, 7) is 3.69. The lowest BCUT2D eigenvalue weighted by Gasteiger charge is -2.20. The zero-order valence-corrected chi connectivity index (χ0v) is 22.7. The zero-order chi connectivity index (χ0) is 29.3. The Morgan fingerprint density at radius 3 is 2.27 bits per heavy atom. The Morgan fingerprint density at radius 1 is 0.951 bits per heavy atom. The second-order valence-corrected chi connectivity index (χ2v) is 9.33. The minimum atomic E-state index is -0.963. The first-order chi connectivity index (χ1) is 19.7. The summed E-state index contributed by atoms with van der Waals surface area (Å²) < 4.78 is 32.2. The molecule has 11 heteroatoms. The van der Waals surface area contributed by atoms with Gasteiger partial charge in [-0.1, -0.05) is 12.1 Å². The summed E-state index contributed by atoms with van der Waals surface area (Å²) in [5.74, 6) is 0.569. The van der Waals surface area contributed by atoms with Gasteiger partial charge >= 0.3 is 0 Å². The number of carbonyl (C=O) groups is 1. The number of rotatable bonds is 8. The molecule has 0 unspecified atom stereocenters. The van der Waals surface area contributed by atoms with Crippen LogP contribution in [0.3, 0.4) is 0 Å². The molecule has 0 aliphatic rings. The number of primary amides is 1. The van der Waals surface area contributed by atoms with Gasteiger partial charge in [-0.15, -0.1) is 0 Å².